The minimum Gasteiger partial charge on any atom is -0.389 e. The third-order valence-corrected chi connectivity index (χ3v) is 3.85. The van der Waals surface area contributed by atoms with Gasteiger partial charge >= 0.3 is 0 Å². The van der Waals surface area contributed by atoms with Crippen molar-refractivity contribution in [2.45, 2.75) is 45.3 Å². The Labute approximate surface area is 134 Å². The van der Waals surface area contributed by atoms with Crippen LogP contribution in [-0.4, -0.2) is 48.0 Å². The first-order valence-corrected chi connectivity index (χ1v) is 8.21. The second kappa shape index (κ2) is 7.91. The molecule has 3 heteroatoms. The summed E-state index contributed by atoms with van der Waals surface area (Å²) < 4.78 is 5.64. The molecule has 1 atom stereocenters. The van der Waals surface area contributed by atoms with Crippen LogP contribution in [0.25, 0.3) is 6.08 Å². The van der Waals surface area contributed by atoms with Gasteiger partial charge in [0.2, 0.25) is 0 Å². The average molecular weight is 303 g/mol. The molecule has 1 aromatic rings. The molecule has 1 heterocycles. The van der Waals surface area contributed by atoms with Crippen molar-refractivity contribution in [1.29, 1.82) is 0 Å². The quantitative estimate of drug-likeness (QED) is 0.905. The van der Waals surface area contributed by atoms with Crippen LogP contribution in [0, 0.1) is 0 Å². The predicted molar refractivity (Wildman–Crippen MR) is 91.8 cm³/mol. The molecule has 1 saturated heterocycles. The lowest BCUT2D eigenvalue weighted by atomic mass is 10.0. The number of aliphatic hydroxyl groups is 1. The number of benzene rings is 1. The van der Waals surface area contributed by atoms with Gasteiger partial charge in [-0.3, -0.25) is 0 Å². The van der Waals surface area contributed by atoms with Gasteiger partial charge in [0, 0.05) is 19.6 Å². The minimum atomic E-state index is -0.404. The summed E-state index contributed by atoms with van der Waals surface area (Å²) in [6.45, 7) is 9.20. The van der Waals surface area contributed by atoms with Crippen molar-refractivity contribution in [3.8, 4) is 0 Å². The molecule has 0 radical (unpaired) electrons. The molecule has 1 unspecified atom stereocenters. The van der Waals surface area contributed by atoms with Crippen molar-refractivity contribution >= 4 is 6.08 Å². The second-order valence-electron chi connectivity index (χ2n) is 7.09. The number of hydrogen-bond acceptors (Lipinski definition) is 3. The highest BCUT2D eigenvalue weighted by Gasteiger charge is 2.19. The number of rotatable bonds is 5. The number of aliphatic hydroxyl groups excluding tert-OH is 1. The average Bonchev–Trinajstić information content (AvgIpc) is 2.48. The molecule has 0 bridgehead atoms. The van der Waals surface area contributed by atoms with Crippen LogP contribution in [-0.2, 0) is 4.74 Å². The molecule has 0 aromatic heterocycles. The van der Waals surface area contributed by atoms with E-state index < -0.39 is 6.10 Å². The van der Waals surface area contributed by atoms with E-state index in [4.69, 9.17) is 4.74 Å². The molecule has 1 N–H and O–H groups in total. The van der Waals surface area contributed by atoms with Crippen molar-refractivity contribution in [2.24, 2.45) is 0 Å². The van der Waals surface area contributed by atoms with Crippen LogP contribution in [0.3, 0.4) is 0 Å². The van der Waals surface area contributed by atoms with E-state index in [0.29, 0.717) is 13.2 Å². The summed E-state index contributed by atoms with van der Waals surface area (Å²) in [6, 6.07) is 10.5. The zero-order valence-electron chi connectivity index (χ0n) is 14.1. The van der Waals surface area contributed by atoms with E-state index in [1.807, 2.05) is 26.8 Å². The number of likely N-dealkylation sites (tertiary alicyclic amines) is 1. The van der Waals surface area contributed by atoms with Crippen molar-refractivity contribution < 1.29 is 9.84 Å². The van der Waals surface area contributed by atoms with Gasteiger partial charge in [-0.2, -0.15) is 0 Å². The van der Waals surface area contributed by atoms with Crippen molar-refractivity contribution in [3.05, 3.63) is 41.5 Å². The fourth-order valence-electron chi connectivity index (χ4n) is 2.65. The lowest BCUT2D eigenvalue weighted by Gasteiger charge is -2.31. The molecule has 1 aromatic carbocycles. The van der Waals surface area contributed by atoms with Crippen LogP contribution in [0.15, 0.2) is 35.9 Å². The Morgan fingerprint density at radius 1 is 1.18 bits per heavy atom. The lowest BCUT2D eigenvalue weighted by molar-refractivity contribution is -0.0564. The maximum absolute atomic E-state index is 10.1. The summed E-state index contributed by atoms with van der Waals surface area (Å²) >= 11 is 0. The highest BCUT2D eigenvalue weighted by Crippen LogP contribution is 2.19. The number of piperidine rings is 1. The normalized spacial score (nSPS) is 18.3. The molecule has 122 valence electrons. The number of ether oxygens (including phenoxy) is 1. The van der Waals surface area contributed by atoms with Crippen LogP contribution in [0.1, 0.15) is 39.2 Å². The highest BCUT2D eigenvalue weighted by molar-refractivity contribution is 5.52. The molecule has 22 heavy (non-hydrogen) atoms. The maximum Gasteiger partial charge on any atom is 0.0900 e. The van der Waals surface area contributed by atoms with Gasteiger partial charge in [0.05, 0.1) is 18.3 Å². The van der Waals surface area contributed by atoms with E-state index in [1.54, 1.807) is 0 Å². The molecule has 0 amide bonds. The first kappa shape index (κ1) is 17.2. The maximum atomic E-state index is 10.1. The summed E-state index contributed by atoms with van der Waals surface area (Å²) in [6.07, 6.45) is 4.07. The van der Waals surface area contributed by atoms with E-state index in [0.717, 1.165) is 25.9 Å². The predicted octanol–water partition coefficient (Wildman–Crippen LogP) is 3.34. The molecule has 2 rings (SSSR count). The lowest BCUT2D eigenvalue weighted by Crippen LogP contribution is -2.39. The SMILES string of the molecule is CC(C)(C)OCC(O)CN1CCC(=Cc2ccccc2)CC1. The van der Waals surface area contributed by atoms with Gasteiger partial charge in [-0.1, -0.05) is 42.0 Å². The van der Waals surface area contributed by atoms with Crippen LogP contribution >= 0.6 is 0 Å². The van der Waals surface area contributed by atoms with Crippen molar-refractivity contribution in [1.82, 2.24) is 4.90 Å². The first-order valence-electron chi connectivity index (χ1n) is 8.21. The fourth-order valence-corrected chi connectivity index (χ4v) is 2.65. The van der Waals surface area contributed by atoms with E-state index in [-0.39, 0.29) is 5.60 Å². The Morgan fingerprint density at radius 3 is 2.41 bits per heavy atom. The monoisotopic (exact) mass is 303 g/mol. The molecule has 0 saturated carbocycles. The number of hydrogen-bond donors (Lipinski definition) is 1. The molecular weight excluding hydrogens is 274 g/mol. The Morgan fingerprint density at radius 2 is 1.82 bits per heavy atom. The molecule has 0 spiro atoms. The molecule has 1 aliphatic heterocycles. The smallest absolute Gasteiger partial charge is 0.0900 e. The third kappa shape index (κ3) is 6.30. The van der Waals surface area contributed by atoms with Gasteiger partial charge in [0.15, 0.2) is 0 Å². The molecular formula is C19H29NO2. The van der Waals surface area contributed by atoms with Gasteiger partial charge in [-0.05, 0) is 39.2 Å². The largest absolute Gasteiger partial charge is 0.389 e. The number of β-amino-alcohol motifs (C(OH)–C–C–N with tert-alkyl or cyclic N) is 1. The van der Waals surface area contributed by atoms with E-state index in [2.05, 4.69) is 35.2 Å². The summed E-state index contributed by atoms with van der Waals surface area (Å²) in [7, 11) is 0. The van der Waals surface area contributed by atoms with Crippen LogP contribution < -0.4 is 0 Å². The summed E-state index contributed by atoms with van der Waals surface area (Å²) in [4.78, 5) is 2.33. The zero-order chi connectivity index (χ0) is 16.0. The van der Waals surface area contributed by atoms with E-state index >= 15 is 0 Å². The van der Waals surface area contributed by atoms with Crippen LogP contribution in [0.2, 0.25) is 0 Å². The Hall–Kier alpha value is -1.16. The standard InChI is InChI=1S/C19H29NO2/c1-19(2,3)22-15-18(21)14-20-11-9-17(10-12-20)13-16-7-5-4-6-8-16/h4-8,13,18,21H,9-12,14-15H2,1-3H3. The van der Waals surface area contributed by atoms with Gasteiger partial charge in [-0.25, -0.2) is 0 Å². The molecule has 0 aliphatic carbocycles. The highest BCUT2D eigenvalue weighted by atomic mass is 16.5. The minimum absolute atomic E-state index is 0.186. The van der Waals surface area contributed by atoms with Gasteiger partial charge in [0.25, 0.3) is 0 Å². The van der Waals surface area contributed by atoms with Gasteiger partial charge in [0.1, 0.15) is 0 Å². The van der Waals surface area contributed by atoms with Crippen molar-refractivity contribution in [3.63, 3.8) is 0 Å². The Balaban J connectivity index is 1.74. The zero-order valence-corrected chi connectivity index (χ0v) is 14.1. The Bertz CT molecular complexity index is 466. The first-order chi connectivity index (χ1) is 10.4. The van der Waals surface area contributed by atoms with Crippen LogP contribution in [0.5, 0.6) is 0 Å². The van der Waals surface area contributed by atoms with E-state index in [1.165, 1.54) is 11.1 Å². The topological polar surface area (TPSA) is 32.7 Å². The third-order valence-electron chi connectivity index (χ3n) is 3.85. The van der Waals surface area contributed by atoms with Gasteiger partial charge in [-0.15, -0.1) is 0 Å². The van der Waals surface area contributed by atoms with E-state index in [9.17, 15) is 5.11 Å². The summed E-state index contributed by atoms with van der Waals surface area (Å²) in [5.74, 6) is 0. The fraction of sp³-hybridized carbons (Fsp3) is 0.579. The molecule has 1 aliphatic rings. The van der Waals surface area contributed by atoms with Gasteiger partial charge < -0.3 is 14.7 Å². The van der Waals surface area contributed by atoms with Crippen molar-refractivity contribution in [2.75, 3.05) is 26.2 Å². The summed E-state index contributed by atoms with van der Waals surface area (Å²) in [5.41, 5.74) is 2.60. The molecule has 3 nitrogen and oxygen atoms in total. The Kier molecular flexibility index (Phi) is 6.18. The van der Waals surface area contributed by atoms with Crippen LogP contribution in [0.4, 0.5) is 0 Å². The molecule has 1 fully saturated rings. The summed E-state index contributed by atoms with van der Waals surface area (Å²) in [5, 5.41) is 10.1. The number of nitrogens with zero attached hydrogens (tertiary/aromatic N) is 1. The second-order valence-corrected chi connectivity index (χ2v) is 7.09.